The zero-order valence-corrected chi connectivity index (χ0v) is 6.60. The Morgan fingerprint density at radius 1 is 1.92 bits per heavy atom. The lowest BCUT2D eigenvalue weighted by Crippen LogP contribution is -2.17. The third-order valence-electron chi connectivity index (χ3n) is 1.61. The van der Waals surface area contributed by atoms with Crippen LogP contribution in [0.25, 0.3) is 0 Å². The smallest absolute Gasteiger partial charge is 0.0843 e. The summed E-state index contributed by atoms with van der Waals surface area (Å²) in [6.07, 6.45) is -6.31. The molecular formula is C10H14N2. The van der Waals surface area contributed by atoms with E-state index in [1.807, 2.05) is 0 Å². The summed E-state index contributed by atoms with van der Waals surface area (Å²) < 4.78 is 70.5. The molecule has 2 heteroatoms. The number of likely N-dealkylation sites (tertiary alicyclic amines) is 1. The summed E-state index contributed by atoms with van der Waals surface area (Å²) in [5, 5.41) is 0. The fraction of sp³-hybridized carbons (Fsp3) is 0.500. The Bertz CT molecular complexity index is 603. The van der Waals surface area contributed by atoms with Crippen LogP contribution in [0.4, 0.5) is 0 Å². The van der Waals surface area contributed by atoms with Crippen molar-refractivity contribution in [2.24, 2.45) is 0 Å². The van der Waals surface area contributed by atoms with Crippen molar-refractivity contribution in [2.45, 2.75) is 18.8 Å². The number of rotatable bonds is 1. The number of hydrogen-bond acceptors (Lipinski definition) is 2. The molecule has 2 rings (SSSR count). The van der Waals surface area contributed by atoms with Crippen LogP contribution in [-0.2, 0) is 0 Å². The third kappa shape index (κ3) is 1.34. The van der Waals surface area contributed by atoms with Crippen molar-refractivity contribution in [3.63, 3.8) is 0 Å². The van der Waals surface area contributed by atoms with Crippen LogP contribution >= 0.6 is 0 Å². The van der Waals surface area contributed by atoms with Gasteiger partial charge in [0.15, 0.2) is 0 Å². The Kier molecular flexibility index (Phi) is 0.687. The summed E-state index contributed by atoms with van der Waals surface area (Å²) in [4.78, 5) is 4.53. The normalized spacial score (nSPS) is 49.9. The molecule has 0 bridgehead atoms. The molecule has 0 radical (unpaired) electrons. The van der Waals surface area contributed by atoms with E-state index in [0.29, 0.717) is 0 Å². The monoisotopic (exact) mass is 171 g/mol. The lowest BCUT2D eigenvalue weighted by atomic mass is 10.1. The van der Waals surface area contributed by atoms with Crippen LogP contribution in [0.2, 0.25) is 0 Å². The molecule has 2 nitrogen and oxygen atoms in total. The highest BCUT2D eigenvalue weighted by Gasteiger charge is 2.21. The van der Waals surface area contributed by atoms with Crippen LogP contribution in [0.15, 0.2) is 24.4 Å². The van der Waals surface area contributed by atoms with E-state index >= 15 is 0 Å². The minimum Gasteiger partial charge on any atom is -0.299 e. The number of nitrogens with zero attached hydrogens (tertiary/aromatic N) is 2. The molecule has 1 aromatic rings. The van der Waals surface area contributed by atoms with E-state index in [-0.39, 0.29) is 0 Å². The van der Waals surface area contributed by atoms with Gasteiger partial charge in [0.2, 0.25) is 0 Å². The van der Waals surface area contributed by atoms with Crippen molar-refractivity contribution in [3.8, 4) is 0 Å². The van der Waals surface area contributed by atoms with Gasteiger partial charge >= 0.3 is 0 Å². The highest BCUT2D eigenvalue weighted by Crippen LogP contribution is 2.29. The minimum atomic E-state index is -2.71. The van der Waals surface area contributed by atoms with Gasteiger partial charge in [-0.05, 0) is 37.9 Å². The molecule has 0 unspecified atom stereocenters. The minimum absolute atomic E-state index is 0.391. The zero-order chi connectivity index (χ0) is 16.4. The van der Waals surface area contributed by atoms with Gasteiger partial charge in [-0.15, -0.1) is 0 Å². The first-order valence-electron chi connectivity index (χ1n) is 8.04. The Morgan fingerprint density at radius 3 is 3.58 bits per heavy atom. The summed E-state index contributed by atoms with van der Waals surface area (Å²) >= 11 is 0. The Labute approximate surface area is 85.9 Å². The third-order valence-corrected chi connectivity index (χ3v) is 1.61. The van der Waals surface area contributed by atoms with E-state index in [4.69, 9.17) is 12.3 Å². The van der Waals surface area contributed by atoms with Gasteiger partial charge in [0.05, 0.1) is 6.85 Å². The number of aromatic nitrogens is 1. The van der Waals surface area contributed by atoms with E-state index in [9.17, 15) is 0 Å². The second-order valence-corrected chi connectivity index (χ2v) is 2.47. The molecule has 64 valence electrons. The van der Waals surface area contributed by atoms with Crippen LogP contribution < -0.4 is 0 Å². The fourth-order valence-corrected chi connectivity index (χ4v) is 1.01. The molecule has 1 fully saturated rings. The van der Waals surface area contributed by atoms with Crippen LogP contribution in [0.5, 0.6) is 0 Å². The topological polar surface area (TPSA) is 16.1 Å². The fourth-order valence-electron chi connectivity index (χ4n) is 1.01. The Balaban J connectivity index is 2.80. The number of hydrogen-bond donors (Lipinski definition) is 0. The lowest BCUT2D eigenvalue weighted by Gasteiger charge is -2.18. The van der Waals surface area contributed by atoms with Gasteiger partial charge in [-0.25, -0.2) is 0 Å². The van der Waals surface area contributed by atoms with E-state index < -0.39 is 55.3 Å². The van der Waals surface area contributed by atoms with Crippen molar-refractivity contribution >= 4 is 0 Å². The van der Waals surface area contributed by atoms with Gasteiger partial charge in [0, 0.05) is 23.8 Å². The molecule has 0 spiro atoms. The van der Waals surface area contributed by atoms with Crippen LogP contribution in [-0.4, -0.2) is 23.5 Å². The molecule has 0 aromatic carbocycles. The SMILES string of the molecule is [2H]c1nc([2H])c([C@@]2([2H])N(C)CC([2H])([2H])C2([2H])[2H])c([2H])c1[2H]. The summed E-state index contributed by atoms with van der Waals surface area (Å²) in [5.74, 6) is 0. The molecule has 1 aliphatic heterocycles. The maximum Gasteiger partial charge on any atom is 0.0843 e. The second kappa shape index (κ2) is 3.23. The first-order chi connectivity index (χ1) is 9.38. The van der Waals surface area contributed by atoms with Crippen LogP contribution in [0, 0.1) is 0 Å². The summed E-state index contributed by atoms with van der Waals surface area (Å²) in [5.41, 5.74) is -0.489. The standard InChI is InChI=1S/C10H14N2/c1-12-7-3-5-10(12)9-4-2-6-11-8-9/h2,4,6,8,10H,3,5,7H2,1H3/t10-/m0/s1/i2D,3D2,4D,5D2,6D,8D,10D. The molecule has 1 aromatic heterocycles. The van der Waals surface area contributed by atoms with Gasteiger partial charge in [-0.1, -0.05) is 6.04 Å². The summed E-state index contributed by atoms with van der Waals surface area (Å²) in [6.45, 7) is -0.391. The number of pyridine rings is 1. The van der Waals surface area contributed by atoms with E-state index in [1.165, 1.54) is 7.05 Å². The van der Waals surface area contributed by atoms with Crippen molar-refractivity contribution in [1.82, 2.24) is 9.88 Å². The Morgan fingerprint density at radius 2 is 2.83 bits per heavy atom. The summed E-state index contributed by atoms with van der Waals surface area (Å²) in [7, 11) is 1.33. The molecule has 12 heavy (non-hydrogen) atoms. The molecule has 0 saturated carbocycles. The van der Waals surface area contributed by atoms with Crippen molar-refractivity contribution in [3.05, 3.63) is 30.0 Å². The van der Waals surface area contributed by atoms with E-state index in [1.54, 1.807) is 0 Å². The second-order valence-electron chi connectivity index (χ2n) is 2.47. The van der Waals surface area contributed by atoms with Crippen molar-refractivity contribution in [2.75, 3.05) is 13.6 Å². The predicted molar refractivity (Wildman–Crippen MR) is 48.8 cm³/mol. The molecule has 0 amide bonds. The first-order valence-corrected chi connectivity index (χ1v) is 3.54. The van der Waals surface area contributed by atoms with Crippen molar-refractivity contribution in [1.29, 1.82) is 0 Å². The highest BCUT2D eigenvalue weighted by atomic mass is 15.1. The maximum absolute atomic E-state index is 8.42. The predicted octanol–water partition coefficient (Wildman–Crippen LogP) is 1.85. The molecule has 1 aliphatic rings. The Hall–Kier alpha value is -0.890. The van der Waals surface area contributed by atoms with Gasteiger partial charge in [0.1, 0.15) is 0 Å². The van der Waals surface area contributed by atoms with E-state index in [2.05, 4.69) is 4.98 Å². The lowest BCUT2D eigenvalue weighted by molar-refractivity contribution is 0.317. The maximum atomic E-state index is 8.42. The van der Waals surface area contributed by atoms with E-state index in [0.717, 1.165) is 4.90 Å². The molecule has 0 N–H and O–H groups in total. The molecule has 1 saturated heterocycles. The van der Waals surface area contributed by atoms with Gasteiger partial charge in [-0.2, -0.15) is 0 Å². The first kappa shape index (κ1) is 2.55. The quantitative estimate of drug-likeness (QED) is 0.641. The summed E-state index contributed by atoms with van der Waals surface area (Å²) in [6, 6.07) is -3.60. The van der Waals surface area contributed by atoms with Crippen molar-refractivity contribution < 1.29 is 12.3 Å². The molecule has 2 heterocycles. The van der Waals surface area contributed by atoms with Gasteiger partial charge in [0.25, 0.3) is 0 Å². The zero-order valence-electron chi connectivity index (χ0n) is 15.6. The van der Waals surface area contributed by atoms with Crippen LogP contribution in [0.3, 0.4) is 0 Å². The molecule has 1 atom stereocenters. The highest BCUT2D eigenvalue weighted by molar-refractivity contribution is 5.14. The average molecular weight is 171 g/mol. The van der Waals surface area contributed by atoms with Crippen LogP contribution in [0.1, 0.15) is 36.7 Å². The molecule has 0 aliphatic carbocycles. The van der Waals surface area contributed by atoms with Gasteiger partial charge < -0.3 is 0 Å². The largest absolute Gasteiger partial charge is 0.299 e. The van der Waals surface area contributed by atoms with Gasteiger partial charge in [-0.3, -0.25) is 9.88 Å². The average Bonchev–Trinajstić information content (AvgIpc) is 2.45. The molecular weight excluding hydrogens is 148 g/mol.